The van der Waals surface area contributed by atoms with Crippen LogP contribution in [0, 0.1) is 29.1 Å². The Balaban J connectivity index is 0.00000225. The molecule has 0 amide bonds. The van der Waals surface area contributed by atoms with Gasteiger partial charge in [0.15, 0.2) is 5.75 Å². The Kier molecular flexibility index (Phi) is 5.03. The van der Waals surface area contributed by atoms with Crippen molar-refractivity contribution in [1.82, 2.24) is 0 Å². The number of hydrogen-bond donors (Lipinski definition) is 2. The standard InChI is InChI=1S/C6H2BF5O3.H2S/c8-1-2(9)4(11)6(15-7(13)14)5(12)3(1)10;/h13-14H;1H2. The van der Waals surface area contributed by atoms with Crippen LogP contribution in [0.5, 0.6) is 5.75 Å². The summed E-state index contributed by atoms with van der Waals surface area (Å²) >= 11 is 0. The van der Waals surface area contributed by atoms with Crippen LogP contribution in [0.15, 0.2) is 0 Å². The van der Waals surface area contributed by atoms with Gasteiger partial charge in [-0.1, -0.05) is 0 Å². The molecule has 0 heterocycles. The third-order valence-corrected chi connectivity index (χ3v) is 1.39. The fraction of sp³-hybridized carbons (Fsp3) is 0. The predicted molar refractivity (Wildman–Crippen MR) is 47.4 cm³/mol. The molecule has 1 aromatic rings. The van der Waals surface area contributed by atoms with Gasteiger partial charge in [0.2, 0.25) is 29.1 Å². The Morgan fingerprint density at radius 1 is 0.750 bits per heavy atom. The number of halogens is 5. The van der Waals surface area contributed by atoms with E-state index in [9.17, 15) is 22.0 Å². The summed E-state index contributed by atoms with van der Waals surface area (Å²) in [6.45, 7) is 0. The molecule has 10 heteroatoms. The molecule has 0 aromatic heterocycles. The Labute approximate surface area is 93.1 Å². The van der Waals surface area contributed by atoms with E-state index in [-0.39, 0.29) is 13.5 Å². The molecule has 0 aliphatic rings. The molecule has 2 N–H and O–H groups in total. The highest BCUT2D eigenvalue weighted by molar-refractivity contribution is 7.59. The average Bonchev–Trinajstić information content (AvgIpc) is 2.18. The third kappa shape index (κ3) is 2.57. The number of rotatable bonds is 2. The van der Waals surface area contributed by atoms with Crippen molar-refractivity contribution >= 4 is 20.8 Å². The Morgan fingerprint density at radius 2 is 1.06 bits per heavy atom. The highest BCUT2D eigenvalue weighted by Crippen LogP contribution is 2.28. The van der Waals surface area contributed by atoms with Gasteiger partial charge in [0.25, 0.3) is 0 Å². The summed E-state index contributed by atoms with van der Waals surface area (Å²) in [6.07, 6.45) is 0. The fourth-order valence-corrected chi connectivity index (χ4v) is 0.794. The van der Waals surface area contributed by atoms with Crippen LogP contribution in [0.3, 0.4) is 0 Å². The normalized spacial score (nSPS) is 9.69. The highest BCUT2D eigenvalue weighted by atomic mass is 32.1. The second-order valence-corrected chi connectivity index (χ2v) is 2.34. The first-order valence-corrected chi connectivity index (χ1v) is 3.40. The van der Waals surface area contributed by atoms with Crippen LogP contribution in [0.1, 0.15) is 0 Å². The van der Waals surface area contributed by atoms with E-state index in [4.69, 9.17) is 10.0 Å². The zero-order valence-electron chi connectivity index (χ0n) is 7.27. The molecule has 1 rings (SSSR count). The van der Waals surface area contributed by atoms with Gasteiger partial charge in [-0.15, -0.1) is 0 Å². The van der Waals surface area contributed by atoms with Crippen LogP contribution in [0.2, 0.25) is 0 Å². The van der Waals surface area contributed by atoms with Gasteiger partial charge < -0.3 is 14.7 Å². The zero-order valence-corrected chi connectivity index (χ0v) is 8.27. The van der Waals surface area contributed by atoms with Gasteiger partial charge in [-0.25, -0.2) is 13.2 Å². The van der Waals surface area contributed by atoms with Crippen LogP contribution in [0.4, 0.5) is 22.0 Å². The maximum absolute atomic E-state index is 12.7. The van der Waals surface area contributed by atoms with Crippen molar-refractivity contribution in [2.75, 3.05) is 0 Å². The first-order valence-electron chi connectivity index (χ1n) is 3.40. The number of hydrogen-bond acceptors (Lipinski definition) is 3. The van der Waals surface area contributed by atoms with Crippen molar-refractivity contribution in [2.24, 2.45) is 0 Å². The molecule has 16 heavy (non-hydrogen) atoms. The predicted octanol–water partition coefficient (Wildman–Crippen LogP) is 0.843. The zero-order chi connectivity index (χ0) is 11.7. The second kappa shape index (κ2) is 5.37. The SMILES string of the molecule is OB(O)Oc1c(F)c(F)c(F)c(F)c1F.S. The molecule has 90 valence electrons. The maximum Gasteiger partial charge on any atom is 0.707 e. The summed E-state index contributed by atoms with van der Waals surface area (Å²) in [5.41, 5.74) is 0. The van der Waals surface area contributed by atoms with Crippen LogP contribution >= 0.6 is 13.5 Å². The number of benzene rings is 1. The molecule has 3 nitrogen and oxygen atoms in total. The average molecular weight is 262 g/mol. The maximum atomic E-state index is 12.7. The molecule has 0 aliphatic carbocycles. The third-order valence-electron chi connectivity index (χ3n) is 1.39. The molecule has 0 aliphatic heterocycles. The minimum atomic E-state index is -2.70. The van der Waals surface area contributed by atoms with E-state index in [1.807, 2.05) is 0 Å². The van der Waals surface area contributed by atoms with Gasteiger partial charge in [0.05, 0.1) is 0 Å². The second-order valence-electron chi connectivity index (χ2n) is 2.34. The first-order chi connectivity index (χ1) is 6.86. The van der Waals surface area contributed by atoms with E-state index in [1.165, 1.54) is 0 Å². The first kappa shape index (κ1) is 15.0. The quantitative estimate of drug-likeness (QED) is 0.359. The lowest BCUT2D eigenvalue weighted by atomic mass is 10.2. The molecular formula is C6H4BF5O3S. The summed E-state index contributed by atoms with van der Waals surface area (Å²) in [5, 5.41) is 16.3. The van der Waals surface area contributed by atoms with Gasteiger partial charge in [-0.2, -0.15) is 22.3 Å². The summed E-state index contributed by atoms with van der Waals surface area (Å²) in [7, 11) is -2.70. The topological polar surface area (TPSA) is 49.7 Å². The van der Waals surface area contributed by atoms with Crippen molar-refractivity contribution in [3.8, 4) is 5.75 Å². The lowest BCUT2D eigenvalue weighted by molar-refractivity contribution is 0.263. The van der Waals surface area contributed by atoms with Crippen molar-refractivity contribution in [3.05, 3.63) is 29.1 Å². The van der Waals surface area contributed by atoms with Gasteiger partial charge in [-0.3, -0.25) is 0 Å². The summed E-state index contributed by atoms with van der Waals surface area (Å²) < 4.78 is 66.3. The smallest absolute Gasteiger partial charge is 0.507 e. The minimum Gasteiger partial charge on any atom is -0.507 e. The molecule has 0 bridgehead atoms. The molecule has 1 aromatic carbocycles. The lowest BCUT2D eigenvalue weighted by Crippen LogP contribution is -2.23. The minimum absolute atomic E-state index is 0. The van der Waals surface area contributed by atoms with Gasteiger partial charge >= 0.3 is 7.32 Å². The molecule has 0 saturated heterocycles. The van der Waals surface area contributed by atoms with E-state index in [2.05, 4.69) is 4.65 Å². The highest BCUT2D eigenvalue weighted by Gasteiger charge is 2.29. The molecule has 0 saturated carbocycles. The molecule has 0 unspecified atom stereocenters. The van der Waals surface area contributed by atoms with Gasteiger partial charge in [0, 0.05) is 0 Å². The molecule has 0 fully saturated rings. The van der Waals surface area contributed by atoms with E-state index in [1.54, 1.807) is 0 Å². The molecular weight excluding hydrogens is 258 g/mol. The van der Waals surface area contributed by atoms with E-state index >= 15 is 0 Å². The van der Waals surface area contributed by atoms with Gasteiger partial charge in [-0.05, 0) is 0 Å². The van der Waals surface area contributed by atoms with Crippen molar-refractivity contribution in [2.45, 2.75) is 0 Å². The molecule has 0 atom stereocenters. The molecule has 0 radical (unpaired) electrons. The Morgan fingerprint density at radius 3 is 1.38 bits per heavy atom. The van der Waals surface area contributed by atoms with E-state index in [0.717, 1.165) is 0 Å². The Bertz CT molecular complexity index is 373. The largest absolute Gasteiger partial charge is 0.707 e. The van der Waals surface area contributed by atoms with E-state index in [0.29, 0.717) is 0 Å². The lowest BCUT2D eigenvalue weighted by Gasteiger charge is -2.08. The van der Waals surface area contributed by atoms with Crippen LogP contribution in [0.25, 0.3) is 0 Å². The summed E-state index contributed by atoms with van der Waals surface area (Å²) in [4.78, 5) is 0. The van der Waals surface area contributed by atoms with Crippen LogP contribution < -0.4 is 4.65 Å². The monoisotopic (exact) mass is 262 g/mol. The summed E-state index contributed by atoms with van der Waals surface area (Å²) in [6, 6.07) is 0. The van der Waals surface area contributed by atoms with Gasteiger partial charge in [0.1, 0.15) is 0 Å². The van der Waals surface area contributed by atoms with Crippen LogP contribution in [-0.4, -0.2) is 17.4 Å². The molecule has 0 spiro atoms. The fourth-order valence-electron chi connectivity index (χ4n) is 0.794. The summed E-state index contributed by atoms with van der Waals surface area (Å²) in [5.74, 6) is -13.1. The van der Waals surface area contributed by atoms with Crippen molar-refractivity contribution < 1.29 is 36.7 Å². The van der Waals surface area contributed by atoms with Crippen molar-refractivity contribution in [1.29, 1.82) is 0 Å². The van der Waals surface area contributed by atoms with Crippen molar-refractivity contribution in [3.63, 3.8) is 0 Å². The Hall–Kier alpha value is -0.995. The van der Waals surface area contributed by atoms with Crippen LogP contribution in [-0.2, 0) is 0 Å². The van der Waals surface area contributed by atoms with E-state index < -0.39 is 42.2 Å².